The Morgan fingerprint density at radius 1 is 1.60 bits per heavy atom. The van der Waals surface area contributed by atoms with E-state index in [4.69, 9.17) is 5.11 Å². The van der Waals surface area contributed by atoms with Gasteiger partial charge < -0.3 is 5.11 Å². The quantitative estimate of drug-likeness (QED) is 0.830. The lowest BCUT2D eigenvalue weighted by Crippen LogP contribution is -2.26. The Kier molecular flexibility index (Phi) is 4.21. The number of carboxylic acid groups (broad SMARTS) is 1. The van der Waals surface area contributed by atoms with Crippen molar-refractivity contribution in [2.75, 3.05) is 0 Å². The van der Waals surface area contributed by atoms with Crippen molar-refractivity contribution in [3.63, 3.8) is 0 Å². The molecule has 0 aromatic carbocycles. The molecule has 2 heterocycles. The van der Waals surface area contributed by atoms with Gasteiger partial charge in [-0.05, 0) is 18.4 Å². The van der Waals surface area contributed by atoms with Crippen LogP contribution in [-0.2, 0) is 21.4 Å². The van der Waals surface area contributed by atoms with Crippen molar-refractivity contribution in [1.29, 1.82) is 0 Å². The SMILES string of the molecule is C[C@H](NS(=O)(=O)c1cnn(CC(=O)O)c1)c1cccs1. The molecule has 20 heavy (non-hydrogen) atoms. The van der Waals surface area contributed by atoms with Crippen LogP contribution in [0.4, 0.5) is 0 Å². The molecule has 1 atom stereocenters. The molecule has 0 aliphatic carbocycles. The summed E-state index contributed by atoms with van der Waals surface area (Å²) >= 11 is 1.46. The van der Waals surface area contributed by atoms with Crippen molar-refractivity contribution in [1.82, 2.24) is 14.5 Å². The van der Waals surface area contributed by atoms with E-state index in [9.17, 15) is 13.2 Å². The molecule has 0 radical (unpaired) electrons. The first-order valence-electron chi connectivity index (χ1n) is 5.68. The van der Waals surface area contributed by atoms with Gasteiger partial charge in [-0.25, -0.2) is 13.1 Å². The number of sulfonamides is 1. The highest BCUT2D eigenvalue weighted by Crippen LogP contribution is 2.20. The summed E-state index contributed by atoms with van der Waals surface area (Å²) < 4.78 is 27.8. The third-order valence-corrected chi connectivity index (χ3v) is 5.07. The maximum atomic E-state index is 12.1. The number of hydrogen-bond acceptors (Lipinski definition) is 5. The average Bonchev–Trinajstić information content (AvgIpc) is 2.97. The number of carboxylic acids is 1. The van der Waals surface area contributed by atoms with E-state index in [0.717, 1.165) is 15.8 Å². The summed E-state index contributed by atoms with van der Waals surface area (Å²) in [6, 6.07) is 3.32. The van der Waals surface area contributed by atoms with Crippen LogP contribution in [0.3, 0.4) is 0 Å². The van der Waals surface area contributed by atoms with Crippen LogP contribution >= 0.6 is 11.3 Å². The first kappa shape index (κ1) is 14.7. The summed E-state index contributed by atoms with van der Waals surface area (Å²) in [5, 5.41) is 14.2. The molecule has 0 unspecified atom stereocenters. The van der Waals surface area contributed by atoms with Gasteiger partial charge in [0.1, 0.15) is 11.4 Å². The standard InChI is InChI=1S/C11H13N3O4S2/c1-8(10-3-2-4-19-10)13-20(17,18)9-5-12-14(6-9)7-11(15)16/h2-6,8,13H,7H2,1H3,(H,15,16)/t8-/m0/s1. The number of aliphatic carboxylic acids is 1. The van der Waals surface area contributed by atoms with E-state index in [1.54, 1.807) is 6.92 Å². The number of nitrogens with zero attached hydrogens (tertiary/aromatic N) is 2. The van der Waals surface area contributed by atoms with Gasteiger partial charge in [0.25, 0.3) is 0 Å². The topological polar surface area (TPSA) is 101 Å². The molecule has 0 aliphatic rings. The van der Waals surface area contributed by atoms with Gasteiger partial charge in [0.15, 0.2) is 0 Å². The van der Waals surface area contributed by atoms with Gasteiger partial charge in [0, 0.05) is 11.1 Å². The summed E-state index contributed by atoms with van der Waals surface area (Å²) in [6.45, 7) is 1.36. The second kappa shape index (κ2) is 5.73. The molecule has 2 aromatic rings. The smallest absolute Gasteiger partial charge is 0.325 e. The van der Waals surface area contributed by atoms with Crippen LogP contribution in [0, 0.1) is 0 Å². The lowest BCUT2D eigenvalue weighted by Gasteiger charge is -2.11. The van der Waals surface area contributed by atoms with Crippen molar-refractivity contribution in [3.8, 4) is 0 Å². The van der Waals surface area contributed by atoms with E-state index in [2.05, 4.69) is 9.82 Å². The highest BCUT2D eigenvalue weighted by atomic mass is 32.2. The number of thiophene rings is 1. The largest absolute Gasteiger partial charge is 0.480 e. The minimum absolute atomic E-state index is 0.0536. The van der Waals surface area contributed by atoms with Gasteiger partial charge in [0.05, 0.1) is 12.2 Å². The van der Waals surface area contributed by atoms with Gasteiger partial charge in [-0.3, -0.25) is 9.48 Å². The van der Waals surface area contributed by atoms with Crippen LogP contribution in [-0.4, -0.2) is 29.3 Å². The molecule has 2 rings (SSSR count). The zero-order chi connectivity index (χ0) is 14.8. The molecule has 0 fully saturated rings. The van der Waals surface area contributed by atoms with Crippen LogP contribution in [0.15, 0.2) is 34.8 Å². The van der Waals surface area contributed by atoms with E-state index in [1.165, 1.54) is 17.5 Å². The molecular weight excluding hydrogens is 302 g/mol. The van der Waals surface area contributed by atoms with E-state index < -0.39 is 16.0 Å². The Morgan fingerprint density at radius 3 is 2.95 bits per heavy atom. The van der Waals surface area contributed by atoms with E-state index in [0.29, 0.717) is 0 Å². The summed E-state index contributed by atoms with van der Waals surface area (Å²) in [7, 11) is -3.72. The molecule has 2 aromatic heterocycles. The summed E-state index contributed by atoms with van der Waals surface area (Å²) in [5.41, 5.74) is 0. The number of rotatable bonds is 6. The minimum atomic E-state index is -3.72. The molecule has 0 amide bonds. The maximum absolute atomic E-state index is 12.1. The Hall–Kier alpha value is -1.71. The first-order valence-corrected chi connectivity index (χ1v) is 8.05. The first-order chi connectivity index (χ1) is 9.38. The predicted octanol–water partition coefficient (Wildman–Crippen LogP) is 1.07. The molecule has 0 saturated heterocycles. The molecule has 0 aliphatic heterocycles. The Morgan fingerprint density at radius 2 is 2.35 bits per heavy atom. The fraction of sp³-hybridized carbons (Fsp3) is 0.273. The van der Waals surface area contributed by atoms with Gasteiger partial charge >= 0.3 is 5.97 Å². The third kappa shape index (κ3) is 3.44. The molecule has 7 nitrogen and oxygen atoms in total. The van der Waals surface area contributed by atoms with Crippen molar-refractivity contribution in [3.05, 3.63) is 34.8 Å². The normalized spacial score (nSPS) is 13.2. The maximum Gasteiger partial charge on any atom is 0.325 e. The fourth-order valence-corrected chi connectivity index (χ4v) is 3.59. The Bertz CT molecular complexity index is 691. The van der Waals surface area contributed by atoms with Crippen LogP contribution < -0.4 is 4.72 Å². The average molecular weight is 315 g/mol. The number of carbonyl (C=O) groups is 1. The van der Waals surface area contributed by atoms with Crippen LogP contribution in [0.5, 0.6) is 0 Å². The zero-order valence-electron chi connectivity index (χ0n) is 10.6. The van der Waals surface area contributed by atoms with Crippen LogP contribution in [0.2, 0.25) is 0 Å². The van der Waals surface area contributed by atoms with E-state index in [-0.39, 0.29) is 17.5 Å². The van der Waals surface area contributed by atoms with Gasteiger partial charge in [-0.1, -0.05) is 6.07 Å². The molecular formula is C11H13N3O4S2. The molecule has 2 N–H and O–H groups in total. The molecule has 108 valence electrons. The number of aromatic nitrogens is 2. The lowest BCUT2D eigenvalue weighted by atomic mass is 10.3. The van der Waals surface area contributed by atoms with Crippen molar-refractivity contribution >= 4 is 27.3 Å². The molecule has 0 spiro atoms. The van der Waals surface area contributed by atoms with Gasteiger partial charge in [0.2, 0.25) is 10.0 Å². The summed E-state index contributed by atoms with van der Waals surface area (Å²) in [4.78, 5) is 11.4. The molecule has 0 bridgehead atoms. The Labute approximate surface area is 119 Å². The van der Waals surface area contributed by atoms with Crippen molar-refractivity contribution in [2.45, 2.75) is 24.4 Å². The molecule has 0 saturated carbocycles. The van der Waals surface area contributed by atoms with E-state index >= 15 is 0 Å². The van der Waals surface area contributed by atoms with E-state index in [1.807, 2.05) is 17.5 Å². The number of hydrogen-bond donors (Lipinski definition) is 2. The summed E-state index contributed by atoms with van der Waals surface area (Å²) in [6.07, 6.45) is 2.32. The number of nitrogens with one attached hydrogen (secondary N) is 1. The molecule has 9 heteroatoms. The monoisotopic (exact) mass is 315 g/mol. The van der Waals surface area contributed by atoms with Crippen LogP contribution in [0.25, 0.3) is 0 Å². The van der Waals surface area contributed by atoms with Gasteiger partial charge in [-0.2, -0.15) is 5.10 Å². The second-order valence-corrected chi connectivity index (χ2v) is 6.82. The highest BCUT2D eigenvalue weighted by molar-refractivity contribution is 7.89. The van der Waals surface area contributed by atoms with Gasteiger partial charge in [-0.15, -0.1) is 11.3 Å². The van der Waals surface area contributed by atoms with Crippen LogP contribution in [0.1, 0.15) is 17.8 Å². The predicted molar refractivity (Wildman–Crippen MR) is 72.9 cm³/mol. The minimum Gasteiger partial charge on any atom is -0.480 e. The van der Waals surface area contributed by atoms with Crippen molar-refractivity contribution < 1.29 is 18.3 Å². The van der Waals surface area contributed by atoms with Crippen molar-refractivity contribution in [2.24, 2.45) is 0 Å². The fourth-order valence-electron chi connectivity index (χ4n) is 1.60. The Balaban J connectivity index is 2.14. The third-order valence-electron chi connectivity index (χ3n) is 2.52. The zero-order valence-corrected chi connectivity index (χ0v) is 12.2. The second-order valence-electron chi connectivity index (χ2n) is 4.13. The summed E-state index contributed by atoms with van der Waals surface area (Å²) in [5.74, 6) is -1.09. The lowest BCUT2D eigenvalue weighted by molar-refractivity contribution is -0.137. The highest BCUT2D eigenvalue weighted by Gasteiger charge is 2.21.